The summed E-state index contributed by atoms with van der Waals surface area (Å²) in [5.41, 5.74) is 2.35. The van der Waals surface area contributed by atoms with Crippen molar-refractivity contribution in [3.05, 3.63) is 41.5 Å². The second-order valence-corrected chi connectivity index (χ2v) is 5.92. The molecule has 2 rings (SSSR count). The topological polar surface area (TPSA) is 64.6 Å². The monoisotopic (exact) mass is 331 g/mol. The molecule has 0 radical (unpaired) electrons. The summed E-state index contributed by atoms with van der Waals surface area (Å²) in [6.07, 6.45) is 7.90. The SMILES string of the molecule is Cc1ccccc1OCC(=O)OCC(=O)NCCC1=CCCCC1. The number of allylic oxidation sites excluding steroid dienone is 1. The highest BCUT2D eigenvalue weighted by Gasteiger charge is 2.09. The van der Waals surface area contributed by atoms with Crippen LogP contribution in [0.15, 0.2) is 35.9 Å². The average Bonchev–Trinajstić information content (AvgIpc) is 2.60. The Morgan fingerprint density at radius 3 is 2.75 bits per heavy atom. The van der Waals surface area contributed by atoms with Gasteiger partial charge in [0.05, 0.1) is 0 Å². The zero-order valence-corrected chi connectivity index (χ0v) is 14.2. The van der Waals surface area contributed by atoms with Crippen LogP contribution in [-0.2, 0) is 14.3 Å². The lowest BCUT2D eigenvalue weighted by Crippen LogP contribution is -2.30. The van der Waals surface area contributed by atoms with Crippen LogP contribution >= 0.6 is 0 Å². The molecule has 1 aromatic carbocycles. The second-order valence-electron chi connectivity index (χ2n) is 5.92. The van der Waals surface area contributed by atoms with Crippen LogP contribution in [0.25, 0.3) is 0 Å². The maximum atomic E-state index is 11.7. The Bertz CT molecular complexity index is 595. The highest BCUT2D eigenvalue weighted by molar-refractivity contribution is 5.80. The van der Waals surface area contributed by atoms with E-state index in [4.69, 9.17) is 9.47 Å². The quantitative estimate of drug-likeness (QED) is 0.587. The van der Waals surface area contributed by atoms with Crippen molar-refractivity contribution >= 4 is 11.9 Å². The Morgan fingerprint density at radius 1 is 1.17 bits per heavy atom. The van der Waals surface area contributed by atoms with E-state index in [1.807, 2.05) is 25.1 Å². The number of hydrogen-bond acceptors (Lipinski definition) is 4. The van der Waals surface area contributed by atoms with Gasteiger partial charge in [0.15, 0.2) is 13.2 Å². The third kappa shape index (κ3) is 6.44. The Balaban J connectivity index is 1.58. The van der Waals surface area contributed by atoms with Crippen LogP contribution in [0.2, 0.25) is 0 Å². The Morgan fingerprint density at radius 2 is 2.00 bits per heavy atom. The fourth-order valence-corrected chi connectivity index (χ4v) is 2.59. The molecule has 1 aliphatic carbocycles. The lowest BCUT2D eigenvalue weighted by Gasteiger charge is -2.13. The van der Waals surface area contributed by atoms with Crippen LogP contribution in [0.1, 0.15) is 37.7 Å². The summed E-state index contributed by atoms with van der Waals surface area (Å²) in [6, 6.07) is 7.42. The zero-order valence-electron chi connectivity index (χ0n) is 14.2. The minimum absolute atomic E-state index is 0.203. The molecule has 0 saturated heterocycles. The normalized spacial score (nSPS) is 13.8. The van der Waals surface area contributed by atoms with Gasteiger partial charge in [-0.3, -0.25) is 4.79 Å². The molecule has 0 spiro atoms. The van der Waals surface area contributed by atoms with E-state index >= 15 is 0 Å². The number of amides is 1. The maximum absolute atomic E-state index is 11.7. The molecule has 24 heavy (non-hydrogen) atoms. The van der Waals surface area contributed by atoms with E-state index in [9.17, 15) is 9.59 Å². The van der Waals surface area contributed by atoms with Crippen molar-refractivity contribution in [3.8, 4) is 5.75 Å². The van der Waals surface area contributed by atoms with Gasteiger partial charge in [-0.25, -0.2) is 4.79 Å². The molecule has 0 fully saturated rings. The number of nitrogens with one attached hydrogen (secondary N) is 1. The molecule has 130 valence electrons. The van der Waals surface area contributed by atoms with Crippen LogP contribution in [0, 0.1) is 6.92 Å². The number of para-hydroxylation sites is 1. The Hall–Kier alpha value is -2.30. The van der Waals surface area contributed by atoms with E-state index in [1.54, 1.807) is 6.07 Å². The number of hydrogen-bond donors (Lipinski definition) is 1. The van der Waals surface area contributed by atoms with Crippen LogP contribution in [-0.4, -0.2) is 31.6 Å². The van der Waals surface area contributed by atoms with Crippen molar-refractivity contribution in [1.82, 2.24) is 5.32 Å². The summed E-state index contributed by atoms with van der Waals surface area (Å²) >= 11 is 0. The highest BCUT2D eigenvalue weighted by atomic mass is 16.6. The third-order valence-corrected chi connectivity index (χ3v) is 3.96. The van der Waals surface area contributed by atoms with Gasteiger partial charge in [0.2, 0.25) is 0 Å². The van der Waals surface area contributed by atoms with E-state index in [0.717, 1.165) is 24.8 Å². The van der Waals surface area contributed by atoms with Gasteiger partial charge >= 0.3 is 5.97 Å². The minimum Gasteiger partial charge on any atom is -0.482 e. The number of benzene rings is 1. The smallest absolute Gasteiger partial charge is 0.344 e. The summed E-state index contributed by atoms with van der Waals surface area (Å²) in [6.45, 7) is 2.01. The van der Waals surface area contributed by atoms with Crippen molar-refractivity contribution in [1.29, 1.82) is 0 Å². The zero-order chi connectivity index (χ0) is 17.2. The molecule has 1 aliphatic rings. The molecular weight excluding hydrogens is 306 g/mol. The molecule has 0 saturated carbocycles. The van der Waals surface area contributed by atoms with Gasteiger partial charge in [0.25, 0.3) is 5.91 Å². The van der Waals surface area contributed by atoms with Crippen molar-refractivity contribution < 1.29 is 19.1 Å². The van der Waals surface area contributed by atoms with Crippen molar-refractivity contribution in [2.75, 3.05) is 19.8 Å². The van der Waals surface area contributed by atoms with E-state index in [0.29, 0.717) is 12.3 Å². The van der Waals surface area contributed by atoms with Crippen molar-refractivity contribution in [2.45, 2.75) is 39.0 Å². The Labute approximate surface area is 143 Å². The fraction of sp³-hybridized carbons (Fsp3) is 0.474. The molecule has 0 heterocycles. The number of esters is 1. The fourth-order valence-electron chi connectivity index (χ4n) is 2.59. The molecule has 1 N–H and O–H groups in total. The minimum atomic E-state index is -0.552. The second kappa shape index (κ2) is 9.75. The van der Waals surface area contributed by atoms with Crippen LogP contribution in [0.4, 0.5) is 0 Å². The van der Waals surface area contributed by atoms with E-state index in [-0.39, 0.29) is 19.1 Å². The predicted molar refractivity (Wildman–Crippen MR) is 91.8 cm³/mol. The van der Waals surface area contributed by atoms with Crippen LogP contribution in [0.3, 0.4) is 0 Å². The van der Waals surface area contributed by atoms with Crippen molar-refractivity contribution in [2.24, 2.45) is 0 Å². The number of ether oxygens (including phenoxy) is 2. The molecular formula is C19H25NO4. The van der Waals surface area contributed by atoms with E-state index < -0.39 is 5.97 Å². The largest absolute Gasteiger partial charge is 0.482 e. The molecule has 0 bridgehead atoms. The summed E-state index contributed by atoms with van der Waals surface area (Å²) in [5.74, 6) is -0.196. The number of carbonyl (C=O) groups is 2. The standard InChI is InChI=1S/C19H25NO4/c1-15-7-5-6-10-17(15)23-14-19(22)24-13-18(21)20-12-11-16-8-3-2-4-9-16/h5-8,10H,2-4,9,11-14H2,1H3,(H,20,21). The van der Waals surface area contributed by atoms with E-state index in [2.05, 4.69) is 11.4 Å². The first-order valence-electron chi connectivity index (χ1n) is 8.44. The molecule has 0 atom stereocenters. The van der Waals surface area contributed by atoms with Gasteiger partial charge in [-0.1, -0.05) is 29.8 Å². The lowest BCUT2D eigenvalue weighted by molar-refractivity contribution is -0.150. The van der Waals surface area contributed by atoms with Gasteiger partial charge in [0, 0.05) is 6.54 Å². The summed E-state index contributed by atoms with van der Waals surface area (Å²) < 4.78 is 10.3. The van der Waals surface area contributed by atoms with Gasteiger partial charge in [0.1, 0.15) is 5.75 Å². The average molecular weight is 331 g/mol. The van der Waals surface area contributed by atoms with Gasteiger partial charge in [-0.2, -0.15) is 0 Å². The lowest BCUT2D eigenvalue weighted by atomic mass is 9.97. The molecule has 5 nitrogen and oxygen atoms in total. The number of carbonyl (C=O) groups excluding carboxylic acids is 2. The highest BCUT2D eigenvalue weighted by Crippen LogP contribution is 2.19. The van der Waals surface area contributed by atoms with Crippen LogP contribution in [0.5, 0.6) is 5.75 Å². The summed E-state index contributed by atoms with van der Waals surface area (Å²) in [4.78, 5) is 23.3. The molecule has 0 unspecified atom stereocenters. The van der Waals surface area contributed by atoms with E-state index in [1.165, 1.54) is 18.4 Å². The van der Waals surface area contributed by atoms with Gasteiger partial charge < -0.3 is 14.8 Å². The van der Waals surface area contributed by atoms with Crippen molar-refractivity contribution in [3.63, 3.8) is 0 Å². The third-order valence-electron chi connectivity index (χ3n) is 3.96. The molecule has 5 heteroatoms. The molecule has 1 aromatic rings. The summed E-state index contributed by atoms with van der Waals surface area (Å²) in [7, 11) is 0. The van der Waals surface area contributed by atoms with Gasteiger partial charge in [-0.05, 0) is 50.7 Å². The number of aryl methyl sites for hydroxylation is 1. The first-order chi connectivity index (χ1) is 11.6. The molecule has 0 aliphatic heterocycles. The molecule has 1 amide bonds. The predicted octanol–water partition coefficient (Wildman–Crippen LogP) is 2.92. The van der Waals surface area contributed by atoms with Gasteiger partial charge in [-0.15, -0.1) is 0 Å². The Kier molecular flexibility index (Phi) is 7.33. The first-order valence-corrected chi connectivity index (χ1v) is 8.44. The maximum Gasteiger partial charge on any atom is 0.344 e. The van der Waals surface area contributed by atoms with Crippen LogP contribution < -0.4 is 10.1 Å². The first kappa shape index (κ1) is 18.0. The summed E-state index contributed by atoms with van der Waals surface area (Å²) in [5, 5.41) is 2.77. The number of rotatable bonds is 8. The molecule has 0 aromatic heterocycles.